The molecule has 0 fully saturated rings. The van der Waals surface area contributed by atoms with E-state index in [4.69, 9.17) is 0 Å². The Morgan fingerprint density at radius 2 is 1.58 bits per heavy atom. The first-order valence-corrected chi connectivity index (χ1v) is 6.95. The standard InChI is InChI=1S/C14H17BrF4/c1-4-13(2,3)10-7-5-9(6-8-10)11(15)14(18,19)12(16)17/h5-8,11-12H,4H2,1-3H3. The summed E-state index contributed by atoms with van der Waals surface area (Å²) in [5, 5.41) is 0. The van der Waals surface area contributed by atoms with Gasteiger partial charge in [0.25, 0.3) is 0 Å². The van der Waals surface area contributed by atoms with Gasteiger partial charge in [0.2, 0.25) is 0 Å². The topological polar surface area (TPSA) is 0 Å². The van der Waals surface area contributed by atoms with Gasteiger partial charge in [0, 0.05) is 0 Å². The first kappa shape index (κ1) is 16.5. The molecule has 1 rings (SSSR count). The summed E-state index contributed by atoms with van der Waals surface area (Å²) in [5.41, 5.74) is 1.09. The van der Waals surface area contributed by atoms with Gasteiger partial charge in [-0.15, -0.1) is 0 Å². The highest BCUT2D eigenvalue weighted by Gasteiger charge is 2.48. The van der Waals surface area contributed by atoms with E-state index < -0.39 is 17.2 Å². The van der Waals surface area contributed by atoms with Crippen molar-refractivity contribution in [3.63, 3.8) is 0 Å². The number of halogens is 5. The zero-order valence-electron chi connectivity index (χ0n) is 11.1. The van der Waals surface area contributed by atoms with Crippen LogP contribution in [0.4, 0.5) is 17.6 Å². The molecule has 0 bridgehead atoms. The van der Waals surface area contributed by atoms with E-state index >= 15 is 0 Å². The van der Waals surface area contributed by atoms with Crippen LogP contribution in [0.25, 0.3) is 0 Å². The van der Waals surface area contributed by atoms with Crippen LogP contribution in [-0.4, -0.2) is 12.3 Å². The van der Waals surface area contributed by atoms with Crippen molar-refractivity contribution in [3.8, 4) is 0 Å². The molecule has 19 heavy (non-hydrogen) atoms. The Morgan fingerprint density at radius 3 is 1.95 bits per heavy atom. The van der Waals surface area contributed by atoms with Gasteiger partial charge >= 0.3 is 12.3 Å². The fraction of sp³-hybridized carbons (Fsp3) is 0.571. The van der Waals surface area contributed by atoms with Gasteiger partial charge in [-0.2, -0.15) is 8.78 Å². The van der Waals surface area contributed by atoms with Crippen molar-refractivity contribution in [2.24, 2.45) is 0 Å². The Balaban J connectivity index is 3.00. The van der Waals surface area contributed by atoms with Crippen LogP contribution in [0.5, 0.6) is 0 Å². The first-order chi connectivity index (χ1) is 8.63. The molecule has 0 nitrogen and oxygen atoms in total. The van der Waals surface area contributed by atoms with Gasteiger partial charge in [-0.05, 0) is 23.0 Å². The second-order valence-corrected chi connectivity index (χ2v) is 6.11. The Kier molecular flexibility index (Phi) is 5.04. The largest absolute Gasteiger partial charge is 0.323 e. The van der Waals surface area contributed by atoms with Gasteiger partial charge in [0.05, 0.1) is 0 Å². The zero-order chi connectivity index (χ0) is 14.8. The van der Waals surface area contributed by atoms with E-state index in [1.54, 1.807) is 12.1 Å². The van der Waals surface area contributed by atoms with Gasteiger partial charge in [-0.3, -0.25) is 0 Å². The molecular formula is C14H17BrF4. The third kappa shape index (κ3) is 3.50. The number of hydrogen-bond acceptors (Lipinski definition) is 0. The molecule has 0 amide bonds. The third-order valence-electron chi connectivity index (χ3n) is 3.50. The lowest BCUT2D eigenvalue weighted by Crippen LogP contribution is -2.31. The van der Waals surface area contributed by atoms with Crippen molar-refractivity contribution in [2.45, 2.75) is 49.8 Å². The van der Waals surface area contributed by atoms with Crippen molar-refractivity contribution >= 4 is 15.9 Å². The SMILES string of the molecule is CCC(C)(C)c1ccc(C(Br)C(F)(F)C(F)F)cc1. The first-order valence-electron chi connectivity index (χ1n) is 6.03. The summed E-state index contributed by atoms with van der Waals surface area (Å²) in [6.45, 7) is 6.12. The molecule has 0 N–H and O–H groups in total. The predicted molar refractivity (Wildman–Crippen MR) is 72.4 cm³/mol. The van der Waals surface area contributed by atoms with Crippen molar-refractivity contribution in [2.75, 3.05) is 0 Å². The van der Waals surface area contributed by atoms with Crippen molar-refractivity contribution < 1.29 is 17.6 Å². The molecule has 0 aliphatic rings. The highest BCUT2D eigenvalue weighted by molar-refractivity contribution is 9.09. The Hall–Kier alpha value is -0.580. The van der Waals surface area contributed by atoms with Gasteiger partial charge in [0.1, 0.15) is 4.83 Å². The minimum Gasteiger partial charge on any atom is -0.204 e. The molecule has 0 aromatic heterocycles. The molecule has 5 heteroatoms. The molecule has 108 valence electrons. The van der Waals surface area contributed by atoms with Crippen LogP contribution in [0, 0.1) is 0 Å². The Morgan fingerprint density at radius 1 is 1.11 bits per heavy atom. The second-order valence-electron chi connectivity index (χ2n) is 5.20. The summed E-state index contributed by atoms with van der Waals surface area (Å²) < 4.78 is 51.0. The fourth-order valence-corrected chi connectivity index (χ4v) is 2.15. The normalized spacial score (nSPS) is 14.8. The van der Waals surface area contributed by atoms with Gasteiger partial charge in [0.15, 0.2) is 0 Å². The third-order valence-corrected chi connectivity index (χ3v) is 4.64. The maximum atomic E-state index is 13.2. The molecular weight excluding hydrogens is 324 g/mol. The molecule has 1 aromatic carbocycles. The lowest BCUT2D eigenvalue weighted by molar-refractivity contribution is -0.127. The fourth-order valence-electron chi connectivity index (χ4n) is 1.64. The minimum atomic E-state index is -4.08. The molecule has 0 saturated carbocycles. The number of benzene rings is 1. The molecule has 0 spiro atoms. The Labute approximate surface area is 119 Å². The second kappa shape index (κ2) is 5.81. The van der Waals surface area contributed by atoms with Crippen LogP contribution in [0.2, 0.25) is 0 Å². The molecule has 1 aromatic rings. The van der Waals surface area contributed by atoms with Crippen molar-refractivity contribution in [1.29, 1.82) is 0 Å². The van der Waals surface area contributed by atoms with Crippen LogP contribution in [0.3, 0.4) is 0 Å². The average molecular weight is 341 g/mol. The van der Waals surface area contributed by atoms with Crippen LogP contribution in [0.1, 0.15) is 43.1 Å². The summed E-state index contributed by atoms with van der Waals surface area (Å²) in [5.74, 6) is -4.08. The lowest BCUT2D eigenvalue weighted by atomic mass is 9.82. The van der Waals surface area contributed by atoms with E-state index in [0.29, 0.717) is 0 Å². The van der Waals surface area contributed by atoms with E-state index in [0.717, 1.165) is 12.0 Å². The van der Waals surface area contributed by atoms with E-state index in [1.807, 2.05) is 20.8 Å². The number of hydrogen-bond donors (Lipinski definition) is 0. The number of alkyl halides is 5. The summed E-state index contributed by atoms with van der Waals surface area (Å²) in [7, 11) is 0. The van der Waals surface area contributed by atoms with Gasteiger partial charge < -0.3 is 0 Å². The molecule has 0 aliphatic heterocycles. The quantitative estimate of drug-likeness (QED) is 0.475. The Bertz CT molecular complexity index is 412. The molecule has 0 heterocycles. The van der Waals surface area contributed by atoms with E-state index in [-0.39, 0.29) is 11.0 Å². The molecule has 1 atom stereocenters. The van der Waals surface area contributed by atoms with E-state index in [1.165, 1.54) is 12.1 Å². The molecule has 0 saturated heterocycles. The maximum absolute atomic E-state index is 13.2. The van der Waals surface area contributed by atoms with Gasteiger partial charge in [-0.1, -0.05) is 61.0 Å². The van der Waals surface area contributed by atoms with Crippen LogP contribution in [0.15, 0.2) is 24.3 Å². The molecule has 0 radical (unpaired) electrons. The van der Waals surface area contributed by atoms with Crippen molar-refractivity contribution in [1.82, 2.24) is 0 Å². The molecule has 0 aliphatic carbocycles. The van der Waals surface area contributed by atoms with E-state index in [9.17, 15) is 17.6 Å². The monoisotopic (exact) mass is 340 g/mol. The molecule has 1 unspecified atom stereocenters. The maximum Gasteiger partial charge on any atom is 0.323 e. The van der Waals surface area contributed by atoms with Crippen LogP contribution < -0.4 is 0 Å². The summed E-state index contributed by atoms with van der Waals surface area (Å²) in [6, 6.07) is 6.38. The smallest absolute Gasteiger partial charge is 0.204 e. The zero-order valence-corrected chi connectivity index (χ0v) is 12.6. The lowest BCUT2D eigenvalue weighted by Gasteiger charge is -2.25. The van der Waals surface area contributed by atoms with E-state index in [2.05, 4.69) is 15.9 Å². The summed E-state index contributed by atoms with van der Waals surface area (Å²) in [4.78, 5) is -1.68. The van der Waals surface area contributed by atoms with Crippen molar-refractivity contribution in [3.05, 3.63) is 35.4 Å². The predicted octanol–water partition coefficient (Wildman–Crippen LogP) is 5.71. The highest BCUT2D eigenvalue weighted by atomic mass is 79.9. The number of rotatable bonds is 5. The van der Waals surface area contributed by atoms with Gasteiger partial charge in [-0.25, -0.2) is 8.78 Å². The average Bonchev–Trinajstić information content (AvgIpc) is 2.37. The van der Waals surface area contributed by atoms with Crippen LogP contribution in [-0.2, 0) is 5.41 Å². The van der Waals surface area contributed by atoms with Crippen LogP contribution >= 0.6 is 15.9 Å². The summed E-state index contributed by atoms with van der Waals surface area (Å²) >= 11 is 2.67. The summed E-state index contributed by atoms with van der Waals surface area (Å²) in [6.07, 6.45) is -2.79. The highest BCUT2D eigenvalue weighted by Crippen LogP contribution is 2.43. The minimum absolute atomic E-state index is 0.0639.